The molecule has 0 spiro atoms. The van der Waals surface area contributed by atoms with Crippen molar-refractivity contribution in [3.8, 4) is 5.75 Å². The average molecular weight is 413 g/mol. The number of aromatic nitrogens is 1. The van der Waals surface area contributed by atoms with Crippen LogP contribution in [0.4, 0.5) is 5.69 Å². The van der Waals surface area contributed by atoms with Crippen LogP contribution in [0, 0.1) is 6.92 Å². The summed E-state index contributed by atoms with van der Waals surface area (Å²) in [4.78, 5) is 32.1. The van der Waals surface area contributed by atoms with Crippen molar-refractivity contribution in [3.63, 3.8) is 0 Å². The molecule has 1 aromatic heterocycles. The van der Waals surface area contributed by atoms with Gasteiger partial charge in [-0.25, -0.2) is 0 Å². The van der Waals surface area contributed by atoms with Crippen LogP contribution in [0.2, 0.25) is 0 Å². The van der Waals surface area contributed by atoms with Crippen LogP contribution in [-0.2, 0) is 16.1 Å². The van der Waals surface area contributed by atoms with E-state index in [1.807, 2.05) is 68.4 Å². The number of amides is 2. The van der Waals surface area contributed by atoms with Gasteiger partial charge in [-0.3, -0.25) is 19.5 Å². The molecule has 31 heavy (non-hydrogen) atoms. The molecule has 1 N–H and O–H groups in total. The van der Waals surface area contributed by atoms with Crippen LogP contribution in [-0.4, -0.2) is 28.3 Å². The van der Waals surface area contributed by atoms with E-state index >= 15 is 0 Å². The van der Waals surface area contributed by atoms with Crippen LogP contribution in [0.15, 0.2) is 78.6 Å². The number of carbonyl (C=O) groups excluding carboxylic acids is 2. The summed E-state index contributed by atoms with van der Waals surface area (Å²) < 4.78 is 5.48. The Labute approximate surface area is 181 Å². The van der Waals surface area contributed by atoms with E-state index in [4.69, 9.17) is 4.74 Å². The summed E-state index contributed by atoms with van der Waals surface area (Å²) in [5.41, 5.74) is 3.73. The zero-order valence-electron chi connectivity index (χ0n) is 17.5. The monoisotopic (exact) mass is 413 g/mol. The lowest BCUT2D eigenvalue weighted by molar-refractivity contribution is -0.137. The van der Waals surface area contributed by atoms with Crippen molar-refractivity contribution in [2.45, 2.75) is 20.4 Å². The summed E-state index contributed by atoms with van der Waals surface area (Å²) in [5.74, 6) is 0.0273. The SMILES string of the molecule is CCOc1ccc(NC2=C(c3ccc(C)cc3)C(=O)N(Cc3ccccn3)C2=O)cc1. The van der Waals surface area contributed by atoms with E-state index in [2.05, 4.69) is 10.3 Å². The van der Waals surface area contributed by atoms with Gasteiger partial charge >= 0.3 is 0 Å². The number of hydrogen-bond acceptors (Lipinski definition) is 5. The van der Waals surface area contributed by atoms with Gasteiger partial charge in [0.25, 0.3) is 11.8 Å². The molecule has 6 heteroatoms. The highest BCUT2D eigenvalue weighted by Gasteiger charge is 2.39. The number of hydrogen-bond donors (Lipinski definition) is 1. The topological polar surface area (TPSA) is 71.5 Å². The van der Waals surface area contributed by atoms with Crippen molar-refractivity contribution in [1.29, 1.82) is 0 Å². The number of benzene rings is 2. The fourth-order valence-electron chi connectivity index (χ4n) is 3.42. The average Bonchev–Trinajstić information content (AvgIpc) is 3.01. The lowest BCUT2D eigenvalue weighted by Crippen LogP contribution is -2.32. The van der Waals surface area contributed by atoms with Crippen LogP contribution in [0.25, 0.3) is 5.57 Å². The minimum Gasteiger partial charge on any atom is -0.494 e. The van der Waals surface area contributed by atoms with E-state index in [0.29, 0.717) is 29.1 Å². The normalized spacial score (nSPS) is 13.7. The smallest absolute Gasteiger partial charge is 0.278 e. The number of ether oxygens (including phenoxy) is 1. The number of carbonyl (C=O) groups is 2. The Morgan fingerprint density at radius 3 is 2.32 bits per heavy atom. The van der Waals surface area contributed by atoms with Gasteiger partial charge in [0, 0.05) is 11.9 Å². The fourth-order valence-corrected chi connectivity index (χ4v) is 3.42. The summed E-state index contributed by atoms with van der Waals surface area (Å²) in [5, 5.41) is 3.16. The standard InChI is InChI=1S/C25H23N3O3/c1-3-31-21-13-11-19(12-14-21)27-23-22(18-9-7-17(2)8-10-18)24(29)28(25(23)30)16-20-6-4-5-15-26-20/h4-15,27H,3,16H2,1-2H3. The van der Waals surface area contributed by atoms with Gasteiger partial charge in [-0.2, -0.15) is 0 Å². The molecule has 2 aromatic carbocycles. The Kier molecular flexibility index (Phi) is 5.80. The first-order chi connectivity index (χ1) is 15.1. The van der Waals surface area contributed by atoms with Crippen molar-refractivity contribution in [2.75, 3.05) is 11.9 Å². The highest BCUT2D eigenvalue weighted by molar-refractivity contribution is 6.36. The lowest BCUT2D eigenvalue weighted by atomic mass is 10.0. The molecular weight excluding hydrogens is 390 g/mol. The number of imide groups is 1. The Balaban J connectivity index is 1.69. The van der Waals surface area contributed by atoms with Gasteiger partial charge in [-0.15, -0.1) is 0 Å². The molecular formula is C25H23N3O3. The molecule has 0 radical (unpaired) electrons. The second kappa shape index (κ2) is 8.83. The molecule has 156 valence electrons. The number of nitrogens with zero attached hydrogens (tertiary/aromatic N) is 2. The van der Waals surface area contributed by atoms with E-state index in [-0.39, 0.29) is 24.1 Å². The largest absolute Gasteiger partial charge is 0.494 e. The van der Waals surface area contributed by atoms with Crippen molar-refractivity contribution in [2.24, 2.45) is 0 Å². The highest BCUT2D eigenvalue weighted by Crippen LogP contribution is 2.32. The Morgan fingerprint density at radius 2 is 1.68 bits per heavy atom. The molecule has 0 unspecified atom stereocenters. The molecule has 1 aliphatic rings. The number of aryl methyl sites for hydroxylation is 1. The second-order valence-electron chi connectivity index (χ2n) is 7.22. The van der Waals surface area contributed by atoms with Gasteiger partial charge in [0.2, 0.25) is 0 Å². The van der Waals surface area contributed by atoms with Crippen LogP contribution < -0.4 is 10.1 Å². The predicted octanol–water partition coefficient (Wildman–Crippen LogP) is 4.18. The van der Waals surface area contributed by atoms with E-state index in [0.717, 1.165) is 11.3 Å². The Hall–Kier alpha value is -3.93. The lowest BCUT2D eigenvalue weighted by Gasteiger charge is -2.15. The summed E-state index contributed by atoms with van der Waals surface area (Å²) >= 11 is 0. The van der Waals surface area contributed by atoms with Crippen molar-refractivity contribution in [3.05, 3.63) is 95.4 Å². The maximum Gasteiger partial charge on any atom is 0.278 e. The van der Waals surface area contributed by atoms with Crippen molar-refractivity contribution in [1.82, 2.24) is 9.88 Å². The summed E-state index contributed by atoms with van der Waals surface area (Å²) in [6.07, 6.45) is 1.65. The third kappa shape index (κ3) is 4.33. The van der Waals surface area contributed by atoms with Gasteiger partial charge in [0.05, 0.1) is 24.4 Å². The van der Waals surface area contributed by atoms with E-state index in [9.17, 15) is 9.59 Å². The Bertz CT molecular complexity index is 1120. The number of anilines is 1. The van der Waals surface area contributed by atoms with Crippen LogP contribution in [0.3, 0.4) is 0 Å². The second-order valence-corrected chi connectivity index (χ2v) is 7.22. The third-order valence-corrected chi connectivity index (χ3v) is 4.99. The van der Waals surface area contributed by atoms with Crippen LogP contribution >= 0.6 is 0 Å². The molecule has 0 saturated heterocycles. The van der Waals surface area contributed by atoms with Gasteiger partial charge in [-0.1, -0.05) is 35.9 Å². The highest BCUT2D eigenvalue weighted by atomic mass is 16.5. The molecule has 4 rings (SSSR count). The molecule has 0 fully saturated rings. The first kappa shape index (κ1) is 20.3. The predicted molar refractivity (Wildman–Crippen MR) is 119 cm³/mol. The first-order valence-corrected chi connectivity index (χ1v) is 10.1. The molecule has 0 bridgehead atoms. The Morgan fingerprint density at radius 1 is 0.935 bits per heavy atom. The van der Waals surface area contributed by atoms with Gasteiger partial charge in [0.15, 0.2) is 0 Å². The van der Waals surface area contributed by atoms with Gasteiger partial charge in [0.1, 0.15) is 11.4 Å². The molecule has 2 amide bonds. The van der Waals surface area contributed by atoms with Crippen LogP contribution in [0.5, 0.6) is 5.75 Å². The summed E-state index contributed by atoms with van der Waals surface area (Å²) in [7, 11) is 0. The molecule has 1 aliphatic heterocycles. The van der Waals surface area contributed by atoms with Gasteiger partial charge in [-0.05, 0) is 55.8 Å². The fraction of sp³-hybridized carbons (Fsp3) is 0.160. The number of pyridine rings is 1. The summed E-state index contributed by atoms with van der Waals surface area (Å²) in [6, 6.07) is 20.3. The first-order valence-electron chi connectivity index (χ1n) is 10.1. The minimum atomic E-state index is -0.375. The van der Waals surface area contributed by atoms with Crippen molar-refractivity contribution < 1.29 is 14.3 Å². The van der Waals surface area contributed by atoms with Crippen molar-refractivity contribution >= 4 is 23.1 Å². The van der Waals surface area contributed by atoms with Crippen LogP contribution in [0.1, 0.15) is 23.7 Å². The quantitative estimate of drug-likeness (QED) is 0.589. The van der Waals surface area contributed by atoms with E-state index < -0.39 is 0 Å². The zero-order chi connectivity index (χ0) is 21.8. The molecule has 2 heterocycles. The third-order valence-electron chi connectivity index (χ3n) is 4.99. The maximum absolute atomic E-state index is 13.3. The summed E-state index contributed by atoms with van der Waals surface area (Å²) in [6.45, 7) is 4.59. The van der Waals surface area contributed by atoms with E-state index in [1.54, 1.807) is 18.3 Å². The maximum atomic E-state index is 13.3. The molecule has 0 atom stereocenters. The molecule has 3 aromatic rings. The molecule has 6 nitrogen and oxygen atoms in total. The molecule has 0 saturated carbocycles. The number of rotatable bonds is 7. The van der Waals surface area contributed by atoms with E-state index in [1.165, 1.54) is 4.90 Å². The zero-order valence-corrected chi connectivity index (χ0v) is 17.5. The molecule has 0 aliphatic carbocycles. The van der Waals surface area contributed by atoms with Gasteiger partial charge < -0.3 is 10.1 Å². The number of nitrogens with one attached hydrogen (secondary N) is 1. The minimum absolute atomic E-state index is 0.113.